The fraction of sp³-hybridized carbons (Fsp3) is 0.444. The number of nitrogens with one attached hydrogen (secondary N) is 1. The van der Waals surface area contributed by atoms with Gasteiger partial charge in [0.1, 0.15) is 5.78 Å². The zero-order chi connectivity index (χ0) is 8.55. The van der Waals surface area contributed by atoms with E-state index in [0.717, 1.165) is 23.7 Å². The third-order valence-electron chi connectivity index (χ3n) is 2.31. The summed E-state index contributed by atoms with van der Waals surface area (Å²) in [5.74, 6) is 0.390. The maximum Gasteiger partial charge on any atom is 0.143 e. The Balaban J connectivity index is 2.26. The molecule has 0 saturated carbocycles. The van der Waals surface area contributed by atoms with Gasteiger partial charge in [0.15, 0.2) is 0 Å². The number of piperidine rings is 1. The number of allylic oxidation sites excluding steroid dienone is 4. The lowest BCUT2D eigenvalue weighted by Gasteiger charge is -2.27. The molecule has 1 unspecified atom stereocenters. The van der Waals surface area contributed by atoms with Crippen molar-refractivity contribution in [3.05, 3.63) is 22.9 Å². The normalized spacial score (nSPS) is 28.4. The average molecular weight is 184 g/mol. The second kappa shape index (κ2) is 2.94. The van der Waals surface area contributed by atoms with Gasteiger partial charge in [0.25, 0.3) is 0 Å². The Morgan fingerprint density at radius 3 is 3.25 bits per heavy atom. The standard InChI is InChI=1S/C9H10ClNO/c10-6-1-2-7-8(5-6)11-4-3-9(7)12/h1,5,7,11H,2-4H2. The van der Waals surface area contributed by atoms with Gasteiger partial charge in [-0.25, -0.2) is 0 Å². The first-order valence-corrected chi connectivity index (χ1v) is 4.49. The average Bonchev–Trinajstić information content (AvgIpc) is 2.04. The van der Waals surface area contributed by atoms with Crippen molar-refractivity contribution in [2.75, 3.05) is 6.54 Å². The third kappa shape index (κ3) is 1.27. The predicted octanol–water partition coefficient (Wildman–Crippen LogP) is 1.58. The maximum atomic E-state index is 11.4. The molecular weight excluding hydrogens is 174 g/mol. The molecular formula is C9H10ClNO. The molecule has 1 aliphatic carbocycles. The van der Waals surface area contributed by atoms with Gasteiger partial charge < -0.3 is 5.32 Å². The van der Waals surface area contributed by atoms with E-state index in [2.05, 4.69) is 5.32 Å². The highest BCUT2D eigenvalue weighted by Crippen LogP contribution is 2.27. The number of fused-ring (bicyclic) bond motifs is 1. The molecule has 0 aromatic heterocycles. The number of carbonyl (C=O) groups excluding carboxylic acids is 1. The molecule has 0 bridgehead atoms. The van der Waals surface area contributed by atoms with E-state index in [1.54, 1.807) is 0 Å². The van der Waals surface area contributed by atoms with Crippen LogP contribution in [0.25, 0.3) is 0 Å². The van der Waals surface area contributed by atoms with Crippen molar-refractivity contribution >= 4 is 17.4 Å². The summed E-state index contributed by atoms with van der Waals surface area (Å²) in [4.78, 5) is 11.4. The number of hydrogen-bond donors (Lipinski definition) is 1. The van der Waals surface area contributed by atoms with Crippen LogP contribution >= 0.6 is 11.6 Å². The molecule has 2 aliphatic rings. The van der Waals surface area contributed by atoms with Crippen LogP contribution in [0.5, 0.6) is 0 Å². The Labute approximate surface area is 76.3 Å². The SMILES string of the molecule is O=C1CCNC2=CC(Cl)=CCC12. The Morgan fingerprint density at radius 1 is 1.58 bits per heavy atom. The number of halogens is 1. The number of Topliss-reactive ketones (excluding diaryl/α,β-unsaturated/α-hetero) is 1. The maximum absolute atomic E-state index is 11.4. The molecule has 0 spiro atoms. The van der Waals surface area contributed by atoms with Gasteiger partial charge in [0, 0.05) is 23.7 Å². The van der Waals surface area contributed by atoms with E-state index in [9.17, 15) is 4.79 Å². The topological polar surface area (TPSA) is 29.1 Å². The smallest absolute Gasteiger partial charge is 0.143 e. The monoisotopic (exact) mass is 183 g/mol. The molecule has 12 heavy (non-hydrogen) atoms. The van der Waals surface area contributed by atoms with Gasteiger partial charge in [0.05, 0.1) is 5.92 Å². The molecule has 1 N–H and O–H groups in total. The quantitative estimate of drug-likeness (QED) is 0.618. The third-order valence-corrected chi connectivity index (χ3v) is 2.57. The molecule has 0 radical (unpaired) electrons. The summed E-state index contributed by atoms with van der Waals surface area (Å²) in [6.07, 6.45) is 5.16. The van der Waals surface area contributed by atoms with Crippen LogP contribution in [0.3, 0.4) is 0 Å². The molecule has 1 aliphatic heterocycles. The second-order valence-corrected chi connectivity index (χ2v) is 3.56. The van der Waals surface area contributed by atoms with Crippen LogP contribution in [-0.2, 0) is 4.79 Å². The summed E-state index contributed by atoms with van der Waals surface area (Å²) >= 11 is 5.82. The van der Waals surface area contributed by atoms with Crippen LogP contribution in [0.4, 0.5) is 0 Å². The summed E-state index contributed by atoms with van der Waals surface area (Å²) in [7, 11) is 0. The van der Waals surface area contributed by atoms with Crippen LogP contribution in [-0.4, -0.2) is 12.3 Å². The van der Waals surface area contributed by atoms with Gasteiger partial charge in [-0.2, -0.15) is 0 Å². The summed E-state index contributed by atoms with van der Waals surface area (Å²) in [6, 6.07) is 0. The minimum absolute atomic E-state index is 0.0567. The first-order valence-electron chi connectivity index (χ1n) is 4.11. The van der Waals surface area contributed by atoms with Crippen molar-refractivity contribution in [3.63, 3.8) is 0 Å². The fourth-order valence-electron chi connectivity index (χ4n) is 1.65. The lowest BCUT2D eigenvalue weighted by molar-refractivity contribution is -0.122. The van der Waals surface area contributed by atoms with Crippen LogP contribution in [0.2, 0.25) is 0 Å². The van der Waals surface area contributed by atoms with Crippen LogP contribution in [0.15, 0.2) is 22.9 Å². The number of rotatable bonds is 0. The van der Waals surface area contributed by atoms with Crippen molar-refractivity contribution in [1.29, 1.82) is 0 Å². The highest BCUT2D eigenvalue weighted by Gasteiger charge is 2.27. The number of hydrogen-bond acceptors (Lipinski definition) is 2. The van der Waals surface area contributed by atoms with Crippen LogP contribution in [0.1, 0.15) is 12.8 Å². The highest BCUT2D eigenvalue weighted by atomic mass is 35.5. The summed E-state index contributed by atoms with van der Waals surface area (Å²) in [5.41, 5.74) is 0.999. The lowest BCUT2D eigenvalue weighted by Crippen LogP contribution is -2.35. The molecule has 2 nitrogen and oxygen atoms in total. The molecule has 2 rings (SSSR count). The Kier molecular flexibility index (Phi) is 1.93. The van der Waals surface area contributed by atoms with E-state index < -0.39 is 0 Å². The van der Waals surface area contributed by atoms with Gasteiger partial charge in [-0.05, 0) is 12.5 Å². The van der Waals surface area contributed by atoms with Gasteiger partial charge in [-0.1, -0.05) is 17.7 Å². The molecule has 1 fully saturated rings. The zero-order valence-electron chi connectivity index (χ0n) is 6.64. The minimum atomic E-state index is 0.0567. The first-order chi connectivity index (χ1) is 5.77. The summed E-state index contributed by atoms with van der Waals surface area (Å²) in [6.45, 7) is 0.755. The van der Waals surface area contributed by atoms with Gasteiger partial charge in [-0.15, -0.1) is 0 Å². The molecule has 64 valence electrons. The molecule has 1 saturated heterocycles. The van der Waals surface area contributed by atoms with Crippen LogP contribution in [0, 0.1) is 5.92 Å². The van der Waals surface area contributed by atoms with Crippen molar-refractivity contribution in [2.24, 2.45) is 5.92 Å². The molecule has 0 amide bonds. The zero-order valence-corrected chi connectivity index (χ0v) is 7.40. The number of carbonyl (C=O) groups is 1. The van der Waals surface area contributed by atoms with E-state index >= 15 is 0 Å². The van der Waals surface area contributed by atoms with Crippen molar-refractivity contribution < 1.29 is 4.79 Å². The first kappa shape index (κ1) is 7.87. The molecule has 0 aromatic carbocycles. The largest absolute Gasteiger partial charge is 0.387 e. The summed E-state index contributed by atoms with van der Waals surface area (Å²) < 4.78 is 0. The molecule has 3 heteroatoms. The van der Waals surface area contributed by atoms with E-state index in [1.807, 2.05) is 12.2 Å². The Morgan fingerprint density at radius 2 is 2.42 bits per heavy atom. The van der Waals surface area contributed by atoms with Crippen molar-refractivity contribution in [1.82, 2.24) is 5.32 Å². The molecule has 1 heterocycles. The lowest BCUT2D eigenvalue weighted by atomic mass is 9.88. The summed E-state index contributed by atoms with van der Waals surface area (Å²) in [5, 5.41) is 3.94. The Hall–Kier alpha value is -0.760. The molecule has 1 atom stereocenters. The van der Waals surface area contributed by atoms with Gasteiger partial charge in [-0.3, -0.25) is 4.79 Å². The van der Waals surface area contributed by atoms with Crippen molar-refractivity contribution in [2.45, 2.75) is 12.8 Å². The van der Waals surface area contributed by atoms with Gasteiger partial charge in [0.2, 0.25) is 0 Å². The molecule has 0 aromatic rings. The van der Waals surface area contributed by atoms with E-state index in [4.69, 9.17) is 11.6 Å². The predicted molar refractivity (Wildman–Crippen MR) is 47.8 cm³/mol. The van der Waals surface area contributed by atoms with Crippen LogP contribution < -0.4 is 5.32 Å². The minimum Gasteiger partial charge on any atom is -0.387 e. The van der Waals surface area contributed by atoms with Gasteiger partial charge >= 0.3 is 0 Å². The van der Waals surface area contributed by atoms with E-state index in [-0.39, 0.29) is 5.92 Å². The van der Waals surface area contributed by atoms with E-state index in [0.29, 0.717) is 12.2 Å². The Bertz CT molecular complexity index is 280. The van der Waals surface area contributed by atoms with Crippen molar-refractivity contribution in [3.8, 4) is 0 Å². The van der Waals surface area contributed by atoms with E-state index in [1.165, 1.54) is 0 Å². The number of ketones is 1. The highest BCUT2D eigenvalue weighted by molar-refractivity contribution is 6.31. The second-order valence-electron chi connectivity index (χ2n) is 3.12. The fourth-order valence-corrected chi connectivity index (χ4v) is 1.86.